The van der Waals surface area contributed by atoms with E-state index in [1.54, 1.807) is 6.20 Å². The highest BCUT2D eigenvalue weighted by molar-refractivity contribution is 6.30. The zero-order valence-electron chi connectivity index (χ0n) is 15.3. The molecule has 1 saturated heterocycles. The first-order chi connectivity index (χ1) is 13.2. The van der Waals surface area contributed by atoms with Gasteiger partial charge in [-0.2, -0.15) is 0 Å². The second kappa shape index (κ2) is 10.1. The van der Waals surface area contributed by atoms with Gasteiger partial charge in [0.05, 0.1) is 0 Å². The van der Waals surface area contributed by atoms with Crippen LogP contribution < -0.4 is 16.0 Å². The molecule has 0 spiro atoms. The minimum atomic E-state index is -0.103. The summed E-state index contributed by atoms with van der Waals surface area (Å²) in [5, 5.41) is 9.90. The van der Waals surface area contributed by atoms with Gasteiger partial charge in [0.25, 0.3) is 0 Å². The molecule has 2 aromatic rings. The Kier molecular flexibility index (Phi) is 7.30. The molecule has 0 radical (unpaired) electrons. The van der Waals surface area contributed by atoms with Gasteiger partial charge in [-0.15, -0.1) is 0 Å². The van der Waals surface area contributed by atoms with Crippen LogP contribution >= 0.6 is 11.6 Å². The second-order valence-electron chi connectivity index (χ2n) is 6.72. The van der Waals surface area contributed by atoms with Gasteiger partial charge in [0.15, 0.2) is 0 Å². The van der Waals surface area contributed by atoms with Crippen molar-refractivity contribution in [2.75, 3.05) is 31.5 Å². The molecule has 1 fully saturated rings. The van der Waals surface area contributed by atoms with Crippen LogP contribution in [0.1, 0.15) is 18.4 Å². The molecule has 1 aromatic carbocycles. The Morgan fingerprint density at radius 3 is 2.59 bits per heavy atom. The minimum absolute atomic E-state index is 0.103. The molecular weight excluding hydrogens is 362 g/mol. The van der Waals surface area contributed by atoms with E-state index in [-0.39, 0.29) is 12.1 Å². The lowest BCUT2D eigenvalue weighted by Crippen LogP contribution is -2.48. The van der Waals surface area contributed by atoms with Gasteiger partial charge in [-0.05, 0) is 42.7 Å². The molecule has 0 atom stereocenters. The number of pyridine rings is 1. The Morgan fingerprint density at radius 1 is 1.11 bits per heavy atom. The third-order valence-corrected chi connectivity index (χ3v) is 4.88. The van der Waals surface area contributed by atoms with E-state index < -0.39 is 0 Å². The Labute approximate surface area is 165 Å². The van der Waals surface area contributed by atoms with Gasteiger partial charge in [-0.25, -0.2) is 9.78 Å². The normalized spacial score (nSPS) is 15.3. The number of nitrogens with zero attached hydrogens (tertiary/aromatic N) is 2. The van der Waals surface area contributed by atoms with E-state index in [0.717, 1.165) is 43.3 Å². The number of hydrogen-bond acceptors (Lipinski definition) is 4. The number of urea groups is 1. The van der Waals surface area contributed by atoms with Gasteiger partial charge in [0.2, 0.25) is 0 Å². The van der Waals surface area contributed by atoms with Crippen molar-refractivity contribution in [1.82, 2.24) is 20.5 Å². The summed E-state index contributed by atoms with van der Waals surface area (Å²) in [6.45, 7) is 4.08. The van der Waals surface area contributed by atoms with Crippen molar-refractivity contribution in [3.63, 3.8) is 0 Å². The van der Waals surface area contributed by atoms with E-state index in [2.05, 4.69) is 38.0 Å². The Balaban J connectivity index is 1.29. The SMILES string of the molecule is O=C(NCCNc1ccccn1)NC1CCN(Cc2ccc(Cl)cc2)CC1. The Hall–Kier alpha value is -2.31. The predicted octanol–water partition coefficient (Wildman–Crippen LogP) is 3.11. The van der Waals surface area contributed by atoms with E-state index in [9.17, 15) is 4.79 Å². The van der Waals surface area contributed by atoms with E-state index in [1.165, 1.54) is 5.56 Å². The second-order valence-corrected chi connectivity index (χ2v) is 7.16. The number of carbonyl (C=O) groups is 1. The highest BCUT2D eigenvalue weighted by Gasteiger charge is 2.20. The Bertz CT molecular complexity index is 702. The van der Waals surface area contributed by atoms with Gasteiger partial charge in [0, 0.05) is 50.0 Å². The van der Waals surface area contributed by atoms with Gasteiger partial charge in [-0.3, -0.25) is 4.90 Å². The van der Waals surface area contributed by atoms with Crippen molar-refractivity contribution in [1.29, 1.82) is 0 Å². The number of anilines is 1. The number of carbonyl (C=O) groups excluding carboxylic acids is 1. The highest BCUT2D eigenvalue weighted by atomic mass is 35.5. The van der Waals surface area contributed by atoms with Crippen LogP contribution in [-0.2, 0) is 6.54 Å². The van der Waals surface area contributed by atoms with Gasteiger partial charge in [-0.1, -0.05) is 29.8 Å². The summed E-state index contributed by atoms with van der Waals surface area (Å²) < 4.78 is 0. The molecule has 3 rings (SSSR count). The molecule has 1 aliphatic heterocycles. The maximum atomic E-state index is 12.0. The average molecular weight is 388 g/mol. The maximum Gasteiger partial charge on any atom is 0.315 e. The summed E-state index contributed by atoms with van der Waals surface area (Å²) in [5.41, 5.74) is 1.27. The standard InChI is InChI=1S/C20H26ClN5O/c21-17-6-4-16(5-7-17)15-26-13-8-18(9-14-26)25-20(27)24-12-11-23-19-3-1-2-10-22-19/h1-7,10,18H,8-9,11-15H2,(H,22,23)(H2,24,25,27). The number of hydrogen-bond donors (Lipinski definition) is 3. The molecule has 0 saturated carbocycles. The molecule has 0 bridgehead atoms. The van der Waals surface area contributed by atoms with E-state index in [1.807, 2.05) is 30.3 Å². The first-order valence-corrected chi connectivity index (χ1v) is 9.73. The molecule has 7 heteroatoms. The van der Waals surface area contributed by atoms with Crippen molar-refractivity contribution in [2.45, 2.75) is 25.4 Å². The largest absolute Gasteiger partial charge is 0.368 e. The van der Waals surface area contributed by atoms with Crippen molar-refractivity contribution >= 4 is 23.4 Å². The van der Waals surface area contributed by atoms with Crippen LogP contribution in [0.4, 0.5) is 10.6 Å². The molecule has 0 unspecified atom stereocenters. The molecular formula is C20H26ClN5O. The van der Waals surface area contributed by atoms with Crippen molar-refractivity contribution < 1.29 is 4.79 Å². The van der Waals surface area contributed by atoms with Crippen molar-refractivity contribution in [3.8, 4) is 0 Å². The summed E-state index contributed by atoms with van der Waals surface area (Å²) in [7, 11) is 0. The fraction of sp³-hybridized carbons (Fsp3) is 0.400. The number of nitrogens with one attached hydrogen (secondary N) is 3. The molecule has 1 aromatic heterocycles. The van der Waals surface area contributed by atoms with Crippen LogP contribution in [0.25, 0.3) is 0 Å². The average Bonchev–Trinajstić information content (AvgIpc) is 2.69. The summed E-state index contributed by atoms with van der Waals surface area (Å²) in [5.74, 6) is 0.813. The number of halogens is 1. The lowest BCUT2D eigenvalue weighted by Gasteiger charge is -2.32. The lowest BCUT2D eigenvalue weighted by molar-refractivity contribution is 0.187. The summed E-state index contributed by atoms with van der Waals surface area (Å²) in [4.78, 5) is 18.6. The fourth-order valence-corrected chi connectivity index (χ4v) is 3.28. The van der Waals surface area contributed by atoms with Crippen LogP contribution in [0.15, 0.2) is 48.7 Å². The molecule has 2 heterocycles. The molecule has 3 N–H and O–H groups in total. The smallest absolute Gasteiger partial charge is 0.315 e. The lowest BCUT2D eigenvalue weighted by atomic mass is 10.0. The van der Waals surface area contributed by atoms with Crippen molar-refractivity contribution in [2.24, 2.45) is 0 Å². The van der Waals surface area contributed by atoms with E-state index in [4.69, 9.17) is 11.6 Å². The summed E-state index contributed by atoms with van der Waals surface area (Å²) >= 11 is 5.93. The third-order valence-electron chi connectivity index (χ3n) is 4.62. The minimum Gasteiger partial charge on any atom is -0.368 e. The monoisotopic (exact) mass is 387 g/mol. The first-order valence-electron chi connectivity index (χ1n) is 9.35. The molecule has 0 aliphatic carbocycles. The zero-order chi connectivity index (χ0) is 18.9. The quantitative estimate of drug-likeness (QED) is 0.638. The summed E-state index contributed by atoms with van der Waals surface area (Å²) in [6, 6.07) is 13.8. The Morgan fingerprint density at radius 2 is 1.89 bits per heavy atom. The number of rotatable bonds is 7. The first kappa shape index (κ1) is 19.5. The molecule has 2 amide bonds. The van der Waals surface area contributed by atoms with Crippen LogP contribution in [0, 0.1) is 0 Å². The van der Waals surface area contributed by atoms with Crippen molar-refractivity contribution in [3.05, 3.63) is 59.2 Å². The highest BCUT2D eigenvalue weighted by Crippen LogP contribution is 2.15. The van der Waals surface area contributed by atoms with Gasteiger partial charge >= 0.3 is 6.03 Å². The van der Waals surface area contributed by atoms with Gasteiger partial charge < -0.3 is 16.0 Å². The van der Waals surface area contributed by atoms with E-state index >= 15 is 0 Å². The molecule has 144 valence electrons. The molecule has 6 nitrogen and oxygen atoms in total. The number of aromatic nitrogens is 1. The predicted molar refractivity (Wildman–Crippen MR) is 109 cm³/mol. The summed E-state index contributed by atoms with van der Waals surface area (Å²) in [6.07, 6.45) is 3.67. The number of benzene rings is 1. The fourth-order valence-electron chi connectivity index (χ4n) is 3.15. The molecule has 27 heavy (non-hydrogen) atoms. The topological polar surface area (TPSA) is 69.3 Å². The number of amides is 2. The number of likely N-dealkylation sites (tertiary alicyclic amines) is 1. The number of piperidine rings is 1. The van der Waals surface area contributed by atoms with Crippen LogP contribution in [-0.4, -0.2) is 48.1 Å². The van der Waals surface area contributed by atoms with E-state index in [0.29, 0.717) is 13.1 Å². The van der Waals surface area contributed by atoms with Crippen LogP contribution in [0.2, 0.25) is 5.02 Å². The van der Waals surface area contributed by atoms with Crippen LogP contribution in [0.5, 0.6) is 0 Å². The maximum absolute atomic E-state index is 12.0. The molecule has 1 aliphatic rings. The third kappa shape index (κ3) is 6.73. The van der Waals surface area contributed by atoms with Gasteiger partial charge in [0.1, 0.15) is 5.82 Å². The zero-order valence-corrected chi connectivity index (χ0v) is 16.1. The van der Waals surface area contributed by atoms with Crippen LogP contribution in [0.3, 0.4) is 0 Å².